The van der Waals surface area contributed by atoms with Gasteiger partial charge < -0.3 is 24.7 Å². The maximum atomic E-state index is 13.9. The van der Waals surface area contributed by atoms with Crippen molar-refractivity contribution in [1.82, 2.24) is 20.2 Å². The number of amides is 2. The number of imidazole rings is 1. The quantitative estimate of drug-likeness (QED) is 0.301. The fourth-order valence-electron chi connectivity index (χ4n) is 4.08. The smallest absolute Gasteiger partial charge is 0.408 e. The second-order valence-corrected chi connectivity index (χ2v) is 12.9. The molecule has 0 saturated heterocycles. The first-order valence-corrected chi connectivity index (χ1v) is 14.0. The van der Waals surface area contributed by atoms with Crippen LogP contribution in [0.5, 0.6) is 0 Å². The van der Waals surface area contributed by atoms with Crippen LogP contribution in [-0.4, -0.2) is 56.6 Å². The number of ketones is 1. The van der Waals surface area contributed by atoms with Gasteiger partial charge in [0.25, 0.3) is 5.91 Å². The molecule has 0 radical (unpaired) electrons. The Morgan fingerprint density at radius 2 is 1.37 bits per heavy atom. The van der Waals surface area contributed by atoms with Crippen molar-refractivity contribution in [3.05, 3.63) is 53.1 Å². The number of carbonyl (C=O) groups excluding carboxylic acids is 4. The topological polar surface area (TPSA) is 129 Å². The van der Waals surface area contributed by atoms with Gasteiger partial charge in [0.2, 0.25) is 5.78 Å². The lowest BCUT2D eigenvalue weighted by atomic mass is 9.99. The standard InChI is InChI=1S/C31H46N4O6/c1-18(2)22(34-29(39)41-31(9,10)11)25(36)26-32-24(20(5)35(26)17-21-15-13-12-14-16-21)27(37)33-23(19(3)4)28(38)40-30(6,7)8/h12-16,18-19,22-23H,17H2,1-11H3,(H,33,37)(H,34,39)/t22-,23-/m0/s1. The molecule has 0 unspecified atom stereocenters. The number of carbonyl (C=O) groups is 4. The Morgan fingerprint density at radius 1 is 0.829 bits per heavy atom. The third-order valence-corrected chi connectivity index (χ3v) is 6.08. The van der Waals surface area contributed by atoms with Gasteiger partial charge in [-0.3, -0.25) is 9.59 Å². The summed E-state index contributed by atoms with van der Waals surface area (Å²) in [5.41, 5.74) is -0.124. The summed E-state index contributed by atoms with van der Waals surface area (Å²) in [6.45, 7) is 19.7. The summed E-state index contributed by atoms with van der Waals surface area (Å²) in [7, 11) is 0. The van der Waals surface area contributed by atoms with Crippen molar-refractivity contribution in [2.24, 2.45) is 11.8 Å². The molecule has 1 aromatic heterocycles. The van der Waals surface area contributed by atoms with Crippen LogP contribution in [0.15, 0.2) is 30.3 Å². The molecule has 41 heavy (non-hydrogen) atoms. The maximum absolute atomic E-state index is 13.9. The zero-order valence-electron chi connectivity index (χ0n) is 26.2. The van der Waals surface area contributed by atoms with Gasteiger partial charge in [0.15, 0.2) is 5.82 Å². The molecule has 10 heteroatoms. The molecule has 0 aliphatic carbocycles. The molecule has 1 heterocycles. The Balaban J connectivity index is 2.52. The molecular formula is C31H46N4O6. The van der Waals surface area contributed by atoms with Crippen LogP contribution in [0.3, 0.4) is 0 Å². The van der Waals surface area contributed by atoms with Crippen LogP contribution in [0.25, 0.3) is 0 Å². The van der Waals surface area contributed by atoms with Crippen LogP contribution in [0, 0.1) is 18.8 Å². The number of hydrogen-bond acceptors (Lipinski definition) is 7. The van der Waals surface area contributed by atoms with Crippen molar-refractivity contribution in [3.8, 4) is 0 Å². The van der Waals surface area contributed by atoms with E-state index in [9.17, 15) is 19.2 Å². The maximum Gasteiger partial charge on any atom is 0.408 e. The predicted octanol–water partition coefficient (Wildman–Crippen LogP) is 5.07. The van der Waals surface area contributed by atoms with Gasteiger partial charge in [-0.2, -0.15) is 0 Å². The molecule has 226 valence electrons. The minimum atomic E-state index is -0.956. The molecule has 2 N–H and O–H groups in total. The molecule has 2 amide bonds. The van der Waals surface area contributed by atoms with Crippen molar-refractivity contribution in [2.75, 3.05) is 0 Å². The third kappa shape index (κ3) is 9.72. The highest BCUT2D eigenvalue weighted by Crippen LogP contribution is 2.20. The highest BCUT2D eigenvalue weighted by atomic mass is 16.6. The number of rotatable bonds is 10. The van der Waals surface area contributed by atoms with Crippen molar-refractivity contribution in [1.29, 1.82) is 0 Å². The molecule has 10 nitrogen and oxygen atoms in total. The van der Waals surface area contributed by atoms with E-state index in [2.05, 4.69) is 15.6 Å². The molecule has 0 spiro atoms. The first-order chi connectivity index (χ1) is 18.8. The number of esters is 1. The largest absolute Gasteiger partial charge is 0.458 e. The molecule has 0 aliphatic rings. The summed E-state index contributed by atoms with van der Waals surface area (Å²) < 4.78 is 12.6. The van der Waals surface area contributed by atoms with Crippen molar-refractivity contribution in [2.45, 2.75) is 106 Å². The van der Waals surface area contributed by atoms with E-state index >= 15 is 0 Å². The summed E-state index contributed by atoms with van der Waals surface area (Å²) in [5.74, 6) is -2.16. The van der Waals surface area contributed by atoms with E-state index < -0.39 is 47.0 Å². The van der Waals surface area contributed by atoms with E-state index in [0.717, 1.165) is 5.56 Å². The normalized spacial score (nSPS) is 13.5. The van der Waals surface area contributed by atoms with Crippen LogP contribution in [0.2, 0.25) is 0 Å². The summed E-state index contributed by atoms with van der Waals surface area (Å²) in [6.07, 6.45) is -0.725. The summed E-state index contributed by atoms with van der Waals surface area (Å²) in [5, 5.41) is 5.44. The average molecular weight is 571 g/mol. The second-order valence-electron chi connectivity index (χ2n) is 12.9. The summed E-state index contributed by atoms with van der Waals surface area (Å²) >= 11 is 0. The third-order valence-electron chi connectivity index (χ3n) is 6.08. The van der Waals surface area contributed by atoms with Crippen LogP contribution >= 0.6 is 0 Å². The van der Waals surface area contributed by atoms with Gasteiger partial charge in [0.1, 0.15) is 29.0 Å². The minimum Gasteiger partial charge on any atom is -0.458 e. The Morgan fingerprint density at radius 3 is 1.85 bits per heavy atom. The minimum absolute atomic E-state index is 0.0123. The van der Waals surface area contributed by atoms with E-state index in [1.807, 2.05) is 30.3 Å². The number of nitrogens with zero attached hydrogens (tertiary/aromatic N) is 2. The lowest BCUT2D eigenvalue weighted by Gasteiger charge is -2.26. The molecule has 0 saturated carbocycles. The predicted molar refractivity (Wildman–Crippen MR) is 157 cm³/mol. The van der Waals surface area contributed by atoms with E-state index in [1.165, 1.54) is 0 Å². The second kappa shape index (κ2) is 13.3. The van der Waals surface area contributed by atoms with Gasteiger partial charge >= 0.3 is 12.1 Å². The lowest BCUT2D eigenvalue weighted by Crippen LogP contribution is -2.47. The Labute approximate surface area is 243 Å². The van der Waals surface area contributed by atoms with Gasteiger partial charge in [-0.05, 0) is 65.9 Å². The summed E-state index contributed by atoms with van der Waals surface area (Å²) in [6, 6.07) is 7.58. The molecule has 0 fully saturated rings. The first kappa shape index (κ1) is 33.5. The number of Topliss-reactive ketones (excluding diaryl/α,β-unsaturated/α-hetero) is 1. The average Bonchev–Trinajstić information content (AvgIpc) is 3.14. The molecule has 2 aromatic rings. The molecule has 1 aromatic carbocycles. The fourth-order valence-corrected chi connectivity index (χ4v) is 4.08. The Bertz CT molecular complexity index is 1240. The first-order valence-electron chi connectivity index (χ1n) is 14.0. The zero-order chi connectivity index (χ0) is 31.3. The van der Waals surface area contributed by atoms with E-state index in [4.69, 9.17) is 9.47 Å². The van der Waals surface area contributed by atoms with Gasteiger partial charge in [0, 0.05) is 12.2 Å². The highest BCUT2D eigenvalue weighted by Gasteiger charge is 2.35. The zero-order valence-corrected chi connectivity index (χ0v) is 26.2. The molecule has 0 aliphatic heterocycles. The van der Waals surface area contributed by atoms with E-state index in [0.29, 0.717) is 5.69 Å². The number of ether oxygens (including phenoxy) is 2. The summed E-state index contributed by atoms with van der Waals surface area (Å²) in [4.78, 5) is 57.4. The number of benzene rings is 1. The highest BCUT2D eigenvalue weighted by molar-refractivity contribution is 6.02. The van der Waals surface area contributed by atoms with Crippen molar-refractivity contribution < 1.29 is 28.7 Å². The molecule has 0 bridgehead atoms. The van der Waals surface area contributed by atoms with Crippen LogP contribution < -0.4 is 10.6 Å². The van der Waals surface area contributed by atoms with Gasteiger partial charge in [-0.15, -0.1) is 0 Å². The van der Waals surface area contributed by atoms with Gasteiger partial charge in [-0.1, -0.05) is 58.0 Å². The number of aromatic nitrogens is 2. The van der Waals surface area contributed by atoms with E-state index in [1.54, 1.807) is 80.7 Å². The molecule has 2 rings (SSSR count). The van der Waals surface area contributed by atoms with Crippen LogP contribution in [0.4, 0.5) is 4.79 Å². The molecule has 2 atom stereocenters. The number of alkyl carbamates (subject to hydrolysis) is 1. The van der Waals surface area contributed by atoms with Gasteiger partial charge in [0.05, 0.1) is 0 Å². The molecular weight excluding hydrogens is 524 g/mol. The Hall–Kier alpha value is -3.69. The van der Waals surface area contributed by atoms with Crippen molar-refractivity contribution in [3.63, 3.8) is 0 Å². The lowest BCUT2D eigenvalue weighted by molar-refractivity contribution is -0.158. The van der Waals surface area contributed by atoms with Crippen molar-refractivity contribution >= 4 is 23.8 Å². The fraction of sp³-hybridized carbons (Fsp3) is 0.581. The van der Waals surface area contributed by atoms with Crippen LogP contribution in [-0.2, 0) is 20.8 Å². The Kier molecular flexibility index (Phi) is 10.9. The van der Waals surface area contributed by atoms with E-state index in [-0.39, 0.29) is 29.9 Å². The number of hydrogen-bond donors (Lipinski definition) is 2. The SMILES string of the molecule is Cc1c(C(=O)N[C@H](C(=O)OC(C)(C)C)C(C)C)nc(C(=O)[C@@H](NC(=O)OC(C)(C)C)C(C)C)n1Cc1ccccc1. The monoisotopic (exact) mass is 570 g/mol. The van der Waals surface area contributed by atoms with Crippen LogP contribution in [0.1, 0.15) is 102 Å². The van der Waals surface area contributed by atoms with Gasteiger partial charge in [-0.25, -0.2) is 14.6 Å². The number of nitrogens with one attached hydrogen (secondary N) is 2.